The average Bonchev–Trinajstić information content (AvgIpc) is 2.69. The molecule has 0 amide bonds. The third kappa shape index (κ3) is 5.33. The highest BCUT2D eigenvalue weighted by atomic mass is 79.9. The molecule has 0 spiro atoms. The first kappa shape index (κ1) is 19.9. The Morgan fingerprint density at radius 2 is 1.93 bits per heavy atom. The highest BCUT2D eigenvalue weighted by molar-refractivity contribution is 9.10. The molecule has 0 fully saturated rings. The molecule has 6 heteroatoms. The molecule has 2 radical (unpaired) electrons. The van der Waals surface area contributed by atoms with Crippen LogP contribution in [0.1, 0.15) is 27.0 Å². The molecule has 3 aromatic carbocycles. The predicted molar refractivity (Wildman–Crippen MR) is 117 cm³/mol. The van der Waals surface area contributed by atoms with E-state index in [9.17, 15) is 4.79 Å². The van der Waals surface area contributed by atoms with Crippen LogP contribution in [0.15, 0.2) is 76.3 Å². The van der Waals surface area contributed by atoms with Crippen LogP contribution < -0.4 is 10.9 Å². The maximum absolute atomic E-state index is 12.3. The lowest BCUT2D eigenvalue weighted by Gasteiger charge is -2.08. The third-order valence-corrected chi connectivity index (χ3v) is 4.66. The first-order valence-corrected chi connectivity index (χ1v) is 9.48. The molecule has 0 aromatic heterocycles. The van der Waals surface area contributed by atoms with Gasteiger partial charge < -0.3 is 4.74 Å². The Labute approximate surface area is 174 Å². The number of hydrazone groups is 1. The Kier molecular flexibility index (Phi) is 6.66. The molecular formula is C22H18BBrN2O2. The van der Waals surface area contributed by atoms with Gasteiger partial charge in [-0.1, -0.05) is 69.4 Å². The van der Waals surface area contributed by atoms with Crippen molar-refractivity contribution in [3.8, 4) is 0 Å². The number of hydrogen-bond acceptors (Lipinski definition) is 4. The molecule has 0 heterocycles. The summed E-state index contributed by atoms with van der Waals surface area (Å²) in [5.41, 5.74) is 7.47. The lowest BCUT2D eigenvalue weighted by Crippen LogP contribution is -2.12. The van der Waals surface area contributed by atoms with Gasteiger partial charge in [0.1, 0.15) is 14.5 Å². The second-order valence-electron chi connectivity index (χ2n) is 6.26. The van der Waals surface area contributed by atoms with E-state index < -0.39 is 0 Å². The largest absolute Gasteiger partial charge is 0.457 e. The lowest BCUT2D eigenvalue weighted by molar-refractivity contribution is 0.0473. The van der Waals surface area contributed by atoms with E-state index in [4.69, 9.17) is 12.6 Å². The third-order valence-electron chi connectivity index (χ3n) is 4.00. The number of halogens is 1. The minimum absolute atomic E-state index is 0.232. The zero-order valence-corrected chi connectivity index (χ0v) is 16.9. The van der Waals surface area contributed by atoms with Crippen LogP contribution in [0.3, 0.4) is 0 Å². The van der Waals surface area contributed by atoms with Crippen molar-refractivity contribution in [2.45, 2.75) is 13.5 Å². The number of carbonyl (C=O) groups is 1. The standard InChI is InChI=1S/C22H18BBrN2O2/c1-15-10-20(23)19(21(24)11-15)13-25-26-18-9-5-8-17(12-18)22(27)28-14-16-6-3-2-4-7-16/h2-13,26H,14H2,1H3/b25-13+. The van der Waals surface area contributed by atoms with Gasteiger partial charge in [-0.3, -0.25) is 5.43 Å². The van der Waals surface area contributed by atoms with Crippen molar-refractivity contribution >= 4 is 47.1 Å². The number of anilines is 1. The summed E-state index contributed by atoms with van der Waals surface area (Å²) in [5.74, 6) is -0.387. The first-order chi connectivity index (χ1) is 13.5. The number of benzene rings is 3. The van der Waals surface area contributed by atoms with Gasteiger partial charge in [0.15, 0.2) is 0 Å². The van der Waals surface area contributed by atoms with Gasteiger partial charge in [-0.05, 0) is 36.8 Å². The van der Waals surface area contributed by atoms with Crippen LogP contribution in [0.5, 0.6) is 0 Å². The van der Waals surface area contributed by atoms with Crippen molar-refractivity contribution in [2.24, 2.45) is 5.10 Å². The second-order valence-corrected chi connectivity index (χ2v) is 7.12. The van der Waals surface area contributed by atoms with Crippen LogP contribution in [-0.4, -0.2) is 20.0 Å². The Morgan fingerprint density at radius 3 is 2.68 bits per heavy atom. The molecule has 0 saturated heterocycles. The first-order valence-electron chi connectivity index (χ1n) is 8.69. The minimum atomic E-state index is -0.387. The van der Waals surface area contributed by atoms with Crippen molar-refractivity contribution in [3.05, 3.63) is 93.5 Å². The molecule has 3 rings (SSSR count). The van der Waals surface area contributed by atoms with Crippen LogP contribution in [0.2, 0.25) is 0 Å². The van der Waals surface area contributed by atoms with Gasteiger partial charge >= 0.3 is 5.97 Å². The Balaban J connectivity index is 1.64. The van der Waals surface area contributed by atoms with Gasteiger partial charge in [0.25, 0.3) is 0 Å². The van der Waals surface area contributed by atoms with E-state index in [1.165, 1.54) is 0 Å². The van der Waals surface area contributed by atoms with Crippen LogP contribution in [0.25, 0.3) is 0 Å². The van der Waals surface area contributed by atoms with E-state index >= 15 is 0 Å². The van der Waals surface area contributed by atoms with Crippen molar-refractivity contribution < 1.29 is 9.53 Å². The maximum Gasteiger partial charge on any atom is 0.338 e. The number of hydrogen-bond donors (Lipinski definition) is 1. The Hall–Kier alpha value is -2.86. The highest BCUT2D eigenvalue weighted by Gasteiger charge is 2.08. The number of nitrogens with one attached hydrogen (secondary N) is 1. The zero-order valence-electron chi connectivity index (χ0n) is 15.4. The van der Waals surface area contributed by atoms with E-state index in [0.29, 0.717) is 16.7 Å². The number of aryl methyl sites for hydroxylation is 1. The van der Waals surface area contributed by atoms with E-state index in [1.54, 1.807) is 24.4 Å². The smallest absolute Gasteiger partial charge is 0.338 e. The van der Waals surface area contributed by atoms with Crippen molar-refractivity contribution in [1.82, 2.24) is 0 Å². The van der Waals surface area contributed by atoms with Crippen LogP contribution in [0.4, 0.5) is 5.69 Å². The molecule has 138 valence electrons. The number of carbonyl (C=O) groups excluding carboxylic acids is 1. The van der Waals surface area contributed by atoms with Crippen molar-refractivity contribution in [2.75, 3.05) is 5.43 Å². The van der Waals surface area contributed by atoms with E-state index in [2.05, 4.69) is 26.5 Å². The second kappa shape index (κ2) is 9.37. The zero-order chi connectivity index (χ0) is 19.9. The van der Waals surface area contributed by atoms with Gasteiger partial charge in [-0.25, -0.2) is 4.79 Å². The van der Waals surface area contributed by atoms with Gasteiger partial charge in [0, 0.05) is 10.0 Å². The topological polar surface area (TPSA) is 50.7 Å². The van der Waals surface area contributed by atoms with Gasteiger partial charge in [-0.2, -0.15) is 5.10 Å². The predicted octanol–water partition coefficient (Wildman–Crippen LogP) is 4.35. The van der Waals surface area contributed by atoms with Gasteiger partial charge in [-0.15, -0.1) is 0 Å². The van der Waals surface area contributed by atoms with Crippen LogP contribution in [0, 0.1) is 6.92 Å². The number of esters is 1. The lowest BCUT2D eigenvalue weighted by atomic mass is 9.89. The quantitative estimate of drug-likeness (QED) is 0.272. The van der Waals surface area contributed by atoms with Crippen LogP contribution >= 0.6 is 15.9 Å². The minimum Gasteiger partial charge on any atom is -0.457 e. The maximum atomic E-state index is 12.3. The molecule has 28 heavy (non-hydrogen) atoms. The molecule has 0 unspecified atom stereocenters. The summed E-state index contributed by atoms with van der Waals surface area (Å²) in [6.07, 6.45) is 1.64. The molecule has 3 aromatic rings. The van der Waals surface area contributed by atoms with Gasteiger partial charge in [0.05, 0.1) is 17.5 Å². The molecule has 0 aliphatic carbocycles. The van der Waals surface area contributed by atoms with Crippen LogP contribution in [-0.2, 0) is 11.3 Å². The van der Waals surface area contributed by atoms with E-state index in [-0.39, 0.29) is 12.6 Å². The number of rotatable bonds is 6. The molecular weight excluding hydrogens is 415 g/mol. The summed E-state index contributed by atoms with van der Waals surface area (Å²) >= 11 is 3.49. The number of ether oxygens (including phenoxy) is 1. The SMILES string of the molecule is [B]c1cc(C)cc(Br)c1/C=N/Nc1cccc(C(=O)OCc2ccccc2)c1. The Bertz CT molecular complexity index is 983. The highest BCUT2D eigenvalue weighted by Crippen LogP contribution is 2.16. The molecule has 1 N–H and O–H groups in total. The molecule has 0 saturated carbocycles. The fraction of sp³-hybridized carbons (Fsp3) is 0.0909. The molecule has 0 atom stereocenters. The molecule has 4 nitrogen and oxygen atoms in total. The van der Waals surface area contributed by atoms with Crippen molar-refractivity contribution in [1.29, 1.82) is 0 Å². The average molecular weight is 433 g/mol. The Morgan fingerprint density at radius 1 is 1.14 bits per heavy atom. The van der Waals surface area contributed by atoms with E-state index in [0.717, 1.165) is 21.2 Å². The number of nitrogens with zero attached hydrogens (tertiary/aromatic N) is 1. The fourth-order valence-corrected chi connectivity index (χ4v) is 3.30. The molecule has 0 aliphatic rings. The normalized spacial score (nSPS) is 10.8. The monoisotopic (exact) mass is 432 g/mol. The molecule has 0 bridgehead atoms. The summed E-state index contributed by atoms with van der Waals surface area (Å²) in [7, 11) is 6.04. The van der Waals surface area contributed by atoms with E-state index in [1.807, 2.05) is 55.5 Å². The fourth-order valence-electron chi connectivity index (χ4n) is 2.61. The summed E-state index contributed by atoms with van der Waals surface area (Å²) in [4.78, 5) is 12.3. The molecule has 0 aliphatic heterocycles. The summed E-state index contributed by atoms with van der Waals surface area (Å²) in [6, 6.07) is 20.4. The van der Waals surface area contributed by atoms with Gasteiger partial charge in [0.2, 0.25) is 0 Å². The summed E-state index contributed by atoms with van der Waals surface area (Å²) in [6.45, 7) is 2.21. The summed E-state index contributed by atoms with van der Waals surface area (Å²) in [5, 5.41) is 4.22. The summed E-state index contributed by atoms with van der Waals surface area (Å²) < 4.78 is 6.23. The van der Waals surface area contributed by atoms with Crippen molar-refractivity contribution in [3.63, 3.8) is 0 Å².